The number of aliphatic hydroxyl groups excluding tert-OH is 1. The van der Waals surface area contributed by atoms with Crippen molar-refractivity contribution in [3.05, 3.63) is 184 Å². The zero-order valence-corrected chi connectivity index (χ0v) is 36.1. The van der Waals surface area contributed by atoms with Crippen molar-refractivity contribution < 1.29 is 46.7 Å². The van der Waals surface area contributed by atoms with Gasteiger partial charge in [0.05, 0.1) is 62.4 Å². The molecule has 4 fully saturated rings. The molecular formula is C49H50N4O10S. The van der Waals surface area contributed by atoms with Crippen molar-refractivity contribution in [1.29, 1.82) is 0 Å². The van der Waals surface area contributed by atoms with Crippen LogP contribution in [0.2, 0.25) is 0 Å². The van der Waals surface area contributed by atoms with Gasteiger partial charge in [0.2, 0.25) is 0 Å². The number of ether oxygens (including phenoxy) is 7. The van der Waals surface area contributed by atoms with Gasteiger partial charge in [0.25, 0.3) is 16.0 Å². The van der Waals surface area contributed by atoms with Crippen LogP contribution in [0.15, 0.2) is 156 Å². The highest BCUT2D eigenvalue weighted by atomic mass is 32.2. The maximum atomic E-state index is 15.2. The standard InChI is InChI=1S/C49H50N4O10S/c1-48-31-60-49(61-32-48,62-33-48)42(51-52-50)26-39-38-24-14-15-25-40(38)53(64(55,56)37-22-12-5-13-23-37)43(39)46-44(54)47(59-29-36-20-10-4-11-21-36)45(58-28-35-18-8-3-9-19-35)41(63-46)30-57-27-34-16-6-2-7-17-34/h2-25,41-42,44-47,54H,26-33H2,1H3/t41-,42-,44-,45-,46+,47-,48?,49?/m0/s1. The third-order valence-corrected chi connectivity index (χ3v) is 13.8. The maximum Gasteiger partial charge on any atom is 0.292 e. The average molecular weight is 887 g/mol. The predicted octanol–water partition coefficient (Wildman–Crippen LogP) is 8.03. The minimum atomic E-state index is -4.42. The SMILES string of the molecule is CC12COC([C@H](Cc3c([C@H]4O[C@@H](COCc5ccccc5)[C@H](OCc5ccccc5)[C@@H](OCc5ccccc5)[C@H]4O)n(S(=O)(=O)c4ccccc4)c4ccccc34)N=[N+]=[N-])(OC1)OC2. The Hall–Kier alpha value is -5.42. The van der Waals surface area contributed by atoms with E-state index < -0.39 is 52.6 Å². The summed E-state index contributed by atoms with van der Waals surface area (Å²) in [7, 11) is -4.42. The second kappa shape index (κ2) is 19.0. The van der Waals surface area contributed by atoms with Gasteiger partial charge in [0, 0.05) is 15.7 Å². The third kappa shape index (κ3) is 8.97. The van der Waals surface area contributed by atoms with Crippen LogP contribution in [0, 0.1) is 5.41 Å². The van der Waals surface area contributed by atoms with Gasteiger partial charge < -0.3 is 38.3 Å². The molecule has 0 spiro atoms. The number of hydrogen-bond donors (Lipinski definition) is 1. The molecule has 5 heterocycles. The highest BCUT2D eigenvalue weighted by Crippen LogP contribution is 2.46. The Bertz CT molecular complexity index is 2640. The van der Waals surface area contributed by atoms with Gasteiger partial charge in [-0.05, 0) is 52.4 Å². The highest BCUT2D eigenvalue weighted by molar-refractivity contribution is 7.90. The fourth-order valence-corrected chi connectivity index (χ4v) is 10.3. The van der Waals surface area contributed by atoms with E-state index in [1.807, 2.05) is 97.9 Å². The van der Waals surface area contributed by atoms with E-state index >= 15 is 8.42 Å². The molecule has 14 nitrogen and oxygen atoms in total. The number of aromatic nitrogens is 1. The lowest BCUT2D eigenvalue weighted by Crippen LogP contribution is -2.63. The van der Waals surface area contributed by atoms with Crippen molar-refractivity contribution in [1.82, 2.24) is 3.97 Å². The normalized spacial score (nSPS) is 26.1. The largest absolute Gasteiger partial charge is 0.387 e. The number of fused-ring (bicyclic) bond motifs is 4. The molecule has 332 valence electrons. The Morgan fingerprint density at radius 2 is 1.27 bits per heavy atom. The Labute approximate surface area is 371 Å². The van der Waals surface area contributed by atoms with Gasteiger partial charge in [-0.1, -0.05) is 139 Å². The van der Waals surface area contributed by atoms with E-state index in [2.05, 4.69) is 10.0 Å². The molecule has 4 aliphatic heterocycles. The van der Waals surface area contributed by atoms with Crippen molar-refractivity contribution in [3.8, 4) is 0 Å². The minimum Gasteiger partial charge on any atom is -0.387 e. The average Bonchev–Trinajstić information content (AvgIpc) is 3.66. The van der Waals surface area contributed by atoms with E-state index in [0.717, 1.165) is 16.7 Å². The molecule has 0 amide bonds. The lowest BCUT2D eigenvalue weighted by Gasteiger charge is -2.52. The molecule has 0 saturated carbocycles. The topological polar surface area (TPSA) is 173 Å². The third-order valence-electron chi connectivity index (χ3n) is 12.0. The first-order valence-electron chi connectivity index (χ1n) is 21.3. The Kier molecular flexibility index (Phi) is 13.0. The van der Waals surface area contributed by atoms with Gasteiger partial charge in [-0.2, -0.15) is 0 Å². The summed E-state index contributed by atoms with van der Waals surface area (Å²) in [4.78, 5) is 3.20. The van der Waals surface area contributed by atoms with Crippen LogP contribution in [-0.4, -0.2) is 80.4 Å². The van der Waals surface area contributed by atoms with Crippen LogP contribution in [0.1, 0.15) is 41.0 Å². The van der Waals surface area contributed by atoms with Crippen molar-refractivity contribution in [2.75, 3.05) is 26.4 Å². The minimum absolute atomic E-state index is 0.0107. The lowest BCUT2D eigenvalue weighted by molar-refractivity contribution is -0.471. The summed E-state index contributed by atoms with van der Waals surface area (Å²) in [5.41, 5.74) is 13.1. The van der Waals surface area contributed by atoms with Crippen LogP contribution in [0.25, 0.3) is 21.3 Å². The molecule has 2 bridgehead atoms. The second-order valence-corrected chi connectivity index (χ2v) is 18.6. The first-order chi connectivity index (χ1) is 31.2. The number of aliphatic hydroxyl groups is 1. The molecule has 4 aliphatic rings. The summed E-state index contributed by atoms with van der Waals surface area (Å²) in [5, 5.41) is 17.6. The van der Waals surface area contributed by atoms with Crippen LogP contribution in [0.5, 0.6) is 0 Å². The monoisotopic (exact) mass is 886 g/mol. The van der Waals surface area contributed by atoms with Gasteiger partial charge in [-0.25, -0.2) is 12.4 Å². The molecule has 0 unspecified atom stereocenters. The molecule has 0 aliphatic carbocycles. The van der Waals surface area contributed by atoms with Crippen molar-refractivity contribution in [2.24, 2.45) is 10.5 Å². The van der Waals surface area contributed by atoms with Crippen LogP contribution in [0.4, 0.5) is 0 Å². The quantitative estimate of drug-likeness (QED) is 0.0537. The van der Waals surface area contributed by atoms with Crippen LogP contribution in [-0.2, 0) is 69.4 Å². The zero-order chi connectivity index (χ0) is 44.2. The molecule has 4 saturated heterocycles. The highest BCUT2D eigenvalue weighted by Gasteiger charge is 2.56. The number of nitrogens with zero attached hydrogens (tertiary/aromatic N) is 4. The van der Waals surface area contributed by atoms with Gasteiger partial charge >= 0.3 is 0 Å². The van der Waals surface area contributed by atoms with E-state index in [9.17, 15) is 10.6 Å². The van der Waals surface area contributed by atoms with Gasteiger partial charge in [-0.3, -0.25) is 0 Å². The van der Waals surface area contributed by atoms with Gasteiger partial charge in [0.15, 0.2) is 0 Å². The summed E-state index contributed by atoms with van der Waals surface area (Å²) in [5.74, 6) is -1.75. The fourth-order valence-electron chi connectivity index (χ4n) is 8.69. The van der Waals surface area contributed by atoms with E-state index in [4.69, 9.17) is 33.2 Å². The number of benzene rings is 5. The predicted molar refractivity (Wildman–Crippen MR) is 236 cm³/mol. The van der Waals surface area contributed by atoms with Crippen LogP contribution >= 0.6 is 0 Å². The molecule has 1 N–H and O–H groups in total. The molecule has 64 heavy (non-hydrogen) atoms. The molecule has 6 atom stereocenters. The molecule has 10 rings (SSSR count). The Morgan fingerprint density at radius 3 is 1.84 bits per heavy atom. The molecular weight excluding hydrogens is 837 g/mol. The van der Waals surface area contributed by atoms with Gasteiger partial charge in [-0.15, -0.1) is 0 Å². The fraction of sp³-hybridized carbons (Fsp3) is 0.347. The number of azide groups is 1. The van der Waals surface area contributed by atoms with E-state index in [1.165, 1.54) is 16.1 Å². The summed E-state index contributed by atoms with van der Waals surface area (Å²) in [6.07, 6.45) is -5.91. The Morgan fingerprint density at radius 1 is 0.750 bits per heavy atom. The van der Waals surface area contributed by atoms with Crippen LogP contribution < -0.4 is 0 Å². The molecule has 15 heteroatoms. The Balaban J connectivity index is 1.20. The summed E-state index contributed by atoms with van der Waals surface area (Å²) in [6, 6.07) is 42.9. The van der Waals surface area contributed by atoms with E-state index in [0.29, 0.717) is 36.3 Å². The van der Waals surface area contributed by atoms with Crippen molar-refractivity contribution in [2.45, 2.75) is 80.6 Å². The van der Waals surface area contributed by atoms with Crippen molar-refractivity contribution >= 4 is 20.9 Å². The number of hydrogen-bond acceptors (Lipinski definition) is 11. The number of para-hydroxylation sites is 1. The molecule has 6 aromatic rings. The first kappa shape index (κ1) is 43.8. The molecule has 1 aromatic heterocycles. The van der Waals surface area contributed by atoms with Crippen molar-refractivity contribution in [3.63, 3.8) is 0 Å². The molecule has 5 aromatic carbocycles. The summed E-state index contributed by atoms with van der Waals surface area (Å²) < 4.78 is 77.1. The smallest absolute Gasteiger partial charge is 0.292 e. The number of rotatable bonds is 17. The first-order valence-corrected chi connectivity index (χ1v) is 22.8. The molecule has 0 radical (unpaired) electrons. The van der Waals surface area contributed by atoms with Crippen LogP contribution in [0.3, 0.4) is 0 Å². The van der Waals surface area contributed by atoms with E-state index in [-0.39, 0.29) is 48.9 Å². The zero-order valence-electron chi connectivity index (χ0n) is 35.3. The van der Waals surface area contributed by atoms with Gasteiger partial charge in [0.1, 0.15) is 36.6 Å². The summed E-state index contributed by atoms with van der Waals surface area (Å²) in [6.45, 7) is 3.36. The van der Waals surface area contributed by atoms with E-state index in [1.54, 1.807) is 42.5 Å². The lowest BCUT2D eigenvalue weighted by atomic mass is 9.88. The second-order valence-electron chi connectivity index (χ2n) is 16.8. The maximum absolute atomic E-state index is 15.2. The summed E-state index contributed by atoms with van der Waals surface area (Å²) >= 11 is 0.